The number of ether oxygens (including phenoxy) is 2. The summed E-state index contributed by atoms with van der Waals surface area (Å²) in [5.41, 5.74) is 2.40. The van der Waals surface area contributed by atoms with Crippen LogP contribution in [0.25, 0.3) is 0 Å². The third kappa shape index (κ3) is 4.08. The standard InChI is InChI=1S/C20H21BrN2O4/c1-12-8-14(21)4-6-16(12)22-20(25)13-9-19(24)23(11-13)15-5-7-17(26-2)18(10-15)27-3/h4-8,10,13H,9,11H2,1-3H3,(H,22,25). The molecule has 2 aromatic rings. The first-order valence-corrected chi connectivity index (χ1v) is 9.31. The summed E-state index contributed by atoms with van der Waals surface area (Å²) in [5.74, 6) is 0.481. The Kier molecular flexibility index (Phi) is 5.70. The van der Waals surface area contributed by atoms with Crippen molar-refractivity contribution in [1.29, 1.82) is 0 Å². The van der Waals surface area contributed by atoms with Gasteiger partial charge < -0.3 is 19.7 Å². The zero-order valence-electron chi connectivity index (χ0n) is 15.4. The number of amides is 2. The number of methoxy groups -OCH3 is 2. The summed E-state index contributed by atoms with van der Waals surface area (Å²) < 4.78 is 11.5. The normalized spacial score (nSPS) is 16.4. The Morgan fingerprint density at radius 2 is 1.89 bits per heavy atom. The van der Waals surface area contributed by atoms with Gasteiger partial charge in [-0.05, 0) is 42.8 Å². The number of aryl methyl sites for hydroxylation is 1. The van der Waals surface area contributed by atoms with Crippen molar-refractivity contribution in [2.24, 2.45) is 5.92 Å². The van der Waals surface area contributed by atoms with Crippen molar-refractivity contribution in [2.75, 3.05) is 31.0 Å². The van der Waals surface area contributed by atoms with Crippen molar-refractivity contribution in [3.63, 3.8) is 0 Å². The first kappa shape index (κ1) is 19.2. The van der Waals surface area contributed by atoms with Crippen LogP contribution in [0.1, 0.15) is 12.0 Å². The zero-order valence-corrected chi connectivity index (χ0v) is 17.0. The van der Waals surface area contributed by atoms with Gasteiger partial charge in [0.2, 0.25) is 11.8 Å². The van der Waals surface area contributed by atoms with E-state index in [0.717, 1.165) is 15.7 Å². The summed E-state index contributed by atoms with van der Waals surface area (Å²) in [6, 6.07) is 10.9. The SMILES string of the molecule is COc1ccc(N2CC(C(=O)Nc3ccc(Br)cc3C)CC2=O)cc1OC. The van der Waals surface area contributed by atoms with Crippen molar-refractivity contribution in [3.8, 4) is 11.5 Å². The highest BCUT2D eigenvalue weighted by molar-refractivity contribution is 9.10. The lowest BCUT2D eigenvalue weighted by atomic mass is 10.1. The van der Waals surface area contributed by atoms with E-state index in [0.29, 0.717) is 23.7 Å². The first-order chi connectivity index (χ1) is 12.9. The molecule has 0 aliphatic carbocycles. The second-order valence-corrected chi connectivity index (χ2v) is 7.31. The molecule has 1 aliphatic heterocycles. The lowest BCUT2D eigenvalue weighted by Gasteiger charge is -2.19. The molecule has 1 atom stereocenters. The van der Waals surface area contributed by atoms with E-state index in [1.165, 1.54) is 0 Å². The maximum absolute atomic E-state index is 12.7. The number of halogens is 1. The van der Waals surface area contributed by atoms with E-state index in [-0.39, 0.29) is 18.2 Å². The Morgan fingerprint density at radius 1 is 1.15 bits per heavy atom. The Bertz CT molecular complexity index is 884. The van der Waals surface area contributed by atoms with Gasteiger partial charge in [0, 0.05) is 34.9 Å². The van der Waals surface area contributed by atoms with Gasteiger partial charge in [-0.25, -0.2) is 0 Å². The molecule has 1 heterocycles. The number of carbonyl (C=O) groups is 2. The lowest BCUT2D eigenvalue weighted by molar-refractivity contribution is -0.122. The Labute approximate surface area is 166 Å². The van der Waals surface area contributed by atoms with E-state index in [1.807, 2.05) is 25.1 Å². The molecule has 3 rings (SSSR count). The zero-order chi connectivity index (χ0) is 19.6. The minimum atomic E-state index is -0.409. The van der Waals surface area contributed by atoms with Crippen molar-refractivity contribution in [3.05, 3.63) is 46.4 Å². The second-order valence-electron chi connectivity index (χ2n) is 6.39. The molecule has 1 unspecified atom stereocenters. The maximum atomic E-state index is 12.7. The third-order valence-electron chi connectivity index (χ3n) is 4.62. The minimum Gasteiger partial charge on any atom is -0.493 e. The summed E-state index contributed by atoms with van der Waals surface area (Å²) in [6.07, 6.45) is 0.176. The van der Waals surface area contributed by atoms with Gasteiger partial charge in [-0.1, -0.05) is 15.9 Å². The van der Waals surface area contributed by atoms with Crippen LogP contribution in [-0.4, -0.2) is 32.6 Å². The molecular formula is C20H21BrN2O4. The van der Waals surface area contributed by atoms with Crippen LogP contribution >= 0.6 is 15.9 Å². The molecule has 2 amide bonds. The van der Waals surface area contributed by atoms with Gasteiger partial charge in [-0.3, -0.25) is 9.59 Å². The molecule has 1 fully saturated rings. The van der Waals surface area contributed by atoms with Crippen LogP contribution < -0.4 is 19.7 Å². The molecule has 0 spiro atoms. The van der Waals surface area contributed by atoms with E-state index in [9.17, 15) is 9.59 Å². The van der Waals surface area contributed by atoms with E-state index < -0.39 is 5.92 Å². The number of benzene rings is 2. The Morgan fingerprint density at radius 3 is 2.56 bits per heavy atom. The molecule has 27 heavy (non-hydrogen) atoms. The van der Waals surface area contributed by atoms with E-state index in [2.05, 4.69) is 21.2 Å². The molecule has 7 heteroatoms. The predicted octanol–water partition coefficient (Wildman–Crippen LogP) is 3.77. The van der Waals surface area contributed by atoms with Gasteiger partial charge in [0.1, 0.15) is 0 Å². The molecular weight excluding hydrogens is 412 g/mol. The maximum Gasteiger partial charge on any atom is 0.229 e. The fourth-order valence-corrected chi connectivity index (χ4v) is 3.60. The van der Waals surface area contributed by atoms with Crippen molar-refractivity contribution in [1.82, 2.24) is 0 Å². The fraction of sp³-hybridized carbons (Fsp3) is 0.300. The highest BCUT2D eigenvalue weighted by atomic mass is 79.9. The summed E-state index contributed by atoms with van der Waals surface area (Å²) in [5, 5.41) is 2.93. The predicted molar refractivity (Wildman–Crippen MR) is 108 cm³/mol. The second kappa shape index (κ2) is 8.00. The average Bonchev–Trinajstić information content (AvgIpc) is 3.05. The molecule has 6 nitrogen and oxygen atoms in total. The van der Waals surface area contributed by atoms with Crippen LogP contribution in [0.3, 0.4) is 0 Å². The smallest absolute Gasteiger partial charge is 0.229 e. The highest BCUT2D eigenvalue weighted by Crippen LogP contribution is 2.34. The van der Waals surface area contributed by atoms with Crippen LogP contribution in [0.2, 0.25) is 0 Å². The van der Waals surface area contributed by atoms with E-state index in [1.54, 1.807) is 37.3 Å². The molecule has 0 saturated carbocycles. The molecule has 1 N–H and O–H groups in total. The van der Waals surface area contributed by atoms with Crippen molar-refractivity contribution >= 4 is 39.1 Å². The molecule has 0 bridgehead atoms. The van der Waals surface area contributed by atoms with Crippen LogP contribution in [-0.2, 0) is 9.59 Å². The van der Waals surface area contributed by atoms with Gasteiger partial charge in [0.25, 0.3) is 0 Å². The number of anilines is 2. The van der Waals surface area contributed by atoms with Crippen molar-refractivity contribution in [2.45, 2.75) is 13.3 Å². The monoisotopic (exact) mass is 432 g/mol. The van der Waals surface area contributed by atoms with E-state index >= 15 is 0 Å². The third-order valence-corrected chi connectivity index (χ3v) is 5.11. The topological polar surface area (TPSA) is 67.9 Å². The fourth-order valence-electron chi connectivity index (χ4n) is 3.13. The van der Waals surface area contributed by atoms with Gasteiger partial charge in [-0.15, -0.1) is 0 Å². The lowest BCUT2D eigenvalue weighted by Crippen LogP contribution is -2.28. The molecule has 0 aromatic heterocycles. The minimum absolute atomic E-state index is 0.0881. The van der Waals surface area contributed by atoms with Crippen LogP contribution in [0, 0.1) is 12.8 Å². The number of nitrogens with one attached hydrogen (secondary N) is 1. The first-order valence-electron chi connectivity index (χ1n) is 8.52. The van der Waals surface area contributed by atoms with E-state index in [4.69, 9.17) is 9.47 Å². The number of rotatable bonds is 5. The molecule has 2 aromatic carbocycles. The van der Waals surface area contributed by atoms with Gasteiger partial charge in [0.15, 0.2) is 11.5 Å². The molecule has 142 valence electrons. The summed E-state index contributed by atoms with van der Waals surface area (Å²) in [6.45, 7) is 2.26. The summed E-state index contributed by atoms with van der Waals surface area (Å²) in [7, 11) is 3.10. The van der Waals surface area contributed by atoms with Gasteiger partial charge >= 0.3 is 0 Å². The number of carbonyl (C=O) groups excluding carboxylic acids is 2. The summed E-state index contributed by atoms with van der Waals surface area (Å²) >= 11 is 3.41. The largest absolute Gasteiger partial charge is 0.493 e. The van der Waals surface area contributed by atoms with Crippen molar-refractivity contribution < 1.29 is 19.1 Å². The van der Waals surface area contributed by atoms with Gasteiger partial charge in [0.05, 0.1) is 20.1 Å². The van der Waals surface area contributed by atoms with Gasteiger partial charge in [-0.2, -0.15) is 0 Å². The quantitative estimate of drug-likeness (QED) is 0.780. The molecule has 0 radical (unpaired) electrons. The van der Waals surface area contributed by atoms with Crippen LogP contribution in [0.4, 0.5) is 11.4 Å². The molecule has 1 saturated heterocycles. The highest BCUT2D eigenvalue weighted by Gasteiger charge is 2.35. The van der Waals surface area contributed by atoms with Crippen LogP contribution in [0.15, 0.2) is 40.9 Å². The number of nitrogens with zero attached hydrogens (tertiary/aromatic N) is 1. The summed E-state index contributed by atoms with van der Waals surface area (Å²) in [4.78, 5) is 26.7. The number of hydrogen-bond donors (Lipinski definition) is 1. The Balaban J connectivity index is 1.74. The molecule has 1 aliphatic rings. The number of hydrogen-bond acceptors (Lipinski definition) is 4. The van der Waals surface area contributed by atoms with Crippen LogP contribution in [0.5, 0.6) is 11.5 Å². The average molecular weight is 433 g/mol. The Hall–Kier alpha value is -2.54.